The summed E-state index contributed by atoms with van der Waals surface area (Å²) in [5.41, 5.74) is -0.687. The molecule has 2 heterocycles. The summed E-state index contributed by atoms with van der Waals surface area (Å²) in [4.78, 5) is 12.6. The number of alkyl halides is 3. The van der Waals surface area contributed by atoms with E-state index in [2.05, 4.69) is 20.3 Å². The quantitative estimate of drug-likeness (QED) is 0.380. The lowest BCUT2D eigenvalue weighted by atomic mass is 10.1. The Hall–Kier alpha value is -4.22. The van der Waals surface area contributed by atoms with Gasteiger partial charge in [0, 0.05) is 5.56 Å². The van der Waals surface area contributed by atoms with Crippen molar-refractivity contribution in [2.24, 2.45) is 0 Å². The molecule has 0 aliphatic carbocycles. The van der Waals surface area contributed by atoms with Crippen molar-refractivity contribution in [3.05, 3.63) is 72.0 Å². The van der Waals surface area contributed by atoms with Gasteiger partial charge in [0.25, 0.3) is 11.8 Å². The van der Waals surface area contributed by atoms with Gasteiger partial charge in [-0.1, -0.05) is 0 Å². The van der Waals surface area contributed by atoms with Crippen LogP contribution in [0.5, 0.6) is 5.75 Å². The van der Waals surface area contributed by atoms with Crippen LogP contribution in [-0.2, 0) is 0 Å². The number of hydrogen-bond donors (Lipinski definition) is 1. The normalized spacial score (nSPS) is 11.4. The molecule has 0 fully saturated rings. The number of aromatic nitrogens is 2. The highest BCUT2D eigenvalue weighted by Gasteiger charge is 2.29. The van der Waals surface area contributed by atoms with E-state index in [0.29, 0.717) is 11.8 Å². The molecule has 0 saturated carbocycles. The Kier molecular flexibility index (Phi) is 5.82. The first-order chi connectivity index (χ1) is 15.7. The molecule has 0 saturated heterocycles. The lowest BCUT2D eigenvalue weighted by molar-refractivity contribution is -0.153. The number of carbonyl (C=O) groups excluding carboxylic acids is 1. The molecule has 1 amide bonds. The first kappa shape index (κ1) is 22.0. The molecule has 7 nitrogen and oxygen atoms in total. The standard InChI is InChI=1S/C21H12F5N3O4/c22-12-4-6-16(32-10-21(24,25)26)13(9-12)18(30)27-15-8-11(3-5-14(15)23)19-28-29-20(33-19)17-2-1-7-31-17/h1-9H,10H2,(H,27,30). The molecule has 0 atom stereocenters. The van der Waals surface area contributed by atoms with Crippen LogP contribution in [0.3, 0.4) is 0 Å². The number of hydrogen-bond acceptors (Lipinski definition) is 6. The van der Waals surface area contributed by atoms with Crippen LogP contribution in [0.15, 0.2) is 63.6 Å². The third-order valence-electron chi connectivity index (χ3n) is 4.20. The average molecular weight is 465 g/mol. The first-order valence-electron chi connectivity index (χ1n) is 9.17. The lowest BCUT2D eigenvalue weighted by Crippen LogP contribution is -2.21. The van der Waals surface area contributed by atoms with E-state index >= 15 is 0 Å². The summed E-state index contributed by atoms with van der Waals surface area (Å²) >= 11 is 0. The van der Waals surface area contributed by atoms with Crippen LogP contribution in [0.4, 0.5) is 27.6 Å². The Morgan fingerprint density at radius 3 is 2.55 bits per heavy atom. The van der Waals surface area contributed by atoms with Gasteiger partial charge in [-0.3, -0.25) is 4.79 Å². The van der Waals surface area contributed by atoms with Crippen molar-refractivity contribution >= 4 is 11.6 Å². The molecule has 1 N–H and O–H groups in total. The summed E-state index contributed by atoms with van der Waals surface area (Å²) in [5, 5.41) is 9.84. The second-order valence-electron chi connectivity index (χ2n) is 6.58. The minimum atomic E-state index is -4.68. The molecule has 170 valence electrons. The molecule has 0 bridgehead atoms. The summed E-state index contributed by atoms with van der Waals surface area (Å²) in [6.07, 6.45) is -3.27. The third-order valence-corrected chi connectivity index (χ3v) is 4.20. The number of nitrogens with one attached hydrogen (secondary N) is 1. The Balaban J connectivity index is 1.59. The largest absolute Gasteiger partial charge is 0.483 e. The molecule has 0 radical (unpaired) electrons. The minimum absolute atomic E-state index is 0.0168. The Bertz CT molecular complexity index is 1290. The molecule has 0 aliphatic heterocycles. The molecular weight excluding hydrogens is 453 g/mol. The number of rotatable bonds is 6. The van der Waals surface area contributed by atoms with E-state index in [1.807, 2.05) is 0 Å². The summed E-state index contributed by atoms with van der Waals surface area (Å²) in [6.45, 7) is -1.70. The summed E-state index contributed by atoms with van der Waals surface area (Å²) in [5.74, 6) is -3.03. The second kappa shape index (κ2) is 8.73. The third kappa shape index (κ3) is 5.17. The van der Waals surface area contributed by atoms with E-state index in [1.165, 1.54) is 18.4 Å². The number of anilines is 1. The van der Waals surface area contributed by atoms with Crippen LogP contribution in [0.25, 0.3) is 23.1 Å². The number of amides is 1. The number of benzene rings is 2. The molecule has 2 aromatic heterocycles. The van der Waals surface area contributed by atoms with Crippen LogP contribution >= 0.6 is 0 Å². The van der Waals surface area contributed by atoms with E-state index in [1.54, 1.807) is 12.1 Å². The van der Waals surface area contributed by atoms with Crippen LogP contribution < -0.4 is 10.1 Å². The van der Waals surface area contributed by atoms with Gasteiger partial charge in [-0.05, 0) is 48.5 Å². The summed E-state index contributed by atoms with van der Waals surface area (Å²) in [7, 11) is 0. The van der Waals surface area contributed by atoms with Crippen molar-refractivity contribution in [2.45, 2.75) is 6.18 Å². The van der Waals surface area contributed by atoms with Crippen molar-refractivity contribution < 1.29 is 40.3 Å². The summed E-state index contributed by atoms with van der Waals surface area (Å²) in [6, 6.07) is 9.07. The monoisotopic (exact) mass is 465 g/mol. The highest BCUT2D eigenvalue weighted by Crippen LogP contribution is 2.29. The average Bonchev–Trinajstić information content (AvgIpc) is 3.45. The van der Waals surface area contributed by atoms with E-state index in [0.717, 1.165) is 18.2 Å². The van der Waals surface area contributed by atoms with Crippen LogP contribution in [0.2, 0.25) is 0 Å². The van der Waals surface area contributed by atoms with Gasteiger partial charge in [0.2, 0.25) is 5.89 Å². The second-order valence-corrected chi connectivity index (χ2v) is 6.58. The first-order valence-corrected chi connectivity index (χ1v) is 9.17. The number of furan rings is 1. The fourth-order valence-corrected chi connectivity index (χ4v) is 2.75. The van der Waals surface area contributed by atoms with E-state index in [4.69, 9.17) is 8.83 Å². The van der Waals surface area contributed by atoms with Crippen molar-refractivity contribution in [2.75, 3.05) is 11.9 Å². The Labute approximate surface area is 181 Å². The minimum Gasteiger partial charge on any atom is -0.483 e. The van der Waals surface area contributed by atoms with E-state index in [-0.39, 0.29) is 23.0 Å². The molecule has 0 aliphatic rings. The van der Waals surface area contributed by atoms with Crippen molar-refractivity contribution in [3.63, 3.8) is 0 Å². The van der Waals surface area contributed by atoms with Crippen LogP contribution in [0.1, 0.15) is 10.4 Å². The molecule has 0 unspecified atom stereocenters. The number of nitrogens with zero attached hydrogens (tertiary/aromatic N) is 2. The van der Waals surface area contributed by atoms with Gasteiger partial charge in [-0.15, -0.1) is 10.2 Å². The Morgan fingerprint density at radius 1 is 1.03 bits per heavy atom. The SMILES string of the molecule is O=C(Nc1cc(-c2nnc(-c3ccco3)o2)ccc1F)c1cc(F)ccc1OCC(F)(F)F. The van der Waals surface area contributed by atoms with Crippen molar-refractivity contribution in [1.82, 2.24) is 10.2 Å². The highest BCUT2D eigenvalue weighted by atomic mass is 19.4. The predicted octanol–water partition coefficient (Wildman–Crippen LogP) is 5.47. The van der Waals surface area contributed by atoms with Crippen molar-refractivity contribution in [1.29, 1.82) is 0 Å². The smallest absolute Gasteiger partial charge is 0.422 e. The van der Waals surface area contributed by atoms with Gasteiger partial charge in [0.1, 0.15) is 17.4 Å². The number of ether oxygens (including phenoxy) is 1. The maximum Gasteiger partial charge on any atom is 0.422 e. The van der Waals surface area contributed by atoms with Gasteiger partial charge >= 0.3 is 6.18 Å². The molecular formula is C21H12F5N3O4. The molecule has 12 heteroatoms. The molecule has 0 spiro atoms. The fraction of sp³-hybridized carbons (Fsp3) is 0.0952. The van der Waals surface area contributed by atoms with Crippen LogP contribution in [-0.4, -0.2) is 28.9 Å². The zero-order valence-electron chi connectivity index (χ0n) is 16.3. The van der Waals surface area contributed by atoms with Gasteiger partial charge in [-0.2, -0.15) is 13.2 Å². The molecule has 2 aromatic carbocycles. The molecule has 4 rings (SSSR count). The van der Waals surface area contributed by atoms with Gasteiger partial charge < -0.3 is 18.9 Å². The number of carbonyl (C=O) groups is 1. The zero-order valence-corrected chi connectivity index (χ0v) is 16.3. The summed E-state index contributed by atoms with van der Waals surface area (Å²) < 4.78 is 80.6. The zero-order chi connectivity index (χ0) is 23.6. The highest BCUT2D eigenvalue weighted by molar-refractivity contribution is 6.06. The maximum absolute atomic E-state index is 14.3. The van der Waals surface area contributed by atoms with Gasteiger partial charge in [-0.25, -0.2) is 8.78 Å². The lowest BCUT2D eigenvalue weighted by Gasteiger charge is -2.14. The number of halogens is 5. The molecule has 33 heavy (non-hydrogen) atoms. The van der Waals surface area contributed by atoms with Gasteiger partial charge in [0.15, 0.2) is 12.4 Å². The topological polar surface area (TPSA) is 90.4 Å². The molecule has 4 aromatic rings. The van der Waals surface area contributed by atoms with E-state index < -0.39 is 41.6 Å². The fourth-order valence-electron chi connectivity index (χ4n) is 2.75. The Morgan fingerprint density at radius 2 is 1.82 bits per heavy atom. The van der Waals surface area contributed by atoms with E-state index in [9.17, 15) is 26.7 Å². The van der Waals surface area contributed by atoms with Gasteiger partial charge in [0.05, 0.1) is 17.5 Å². The van der Waals surface area contributed by atoms with Crippen LogP contribution in [0, 0.1) is 11.6 Å². The maximum atomic E-state index is 14.3. The van der Waals surface area contributed by atoms with Crippen molar-refractivity contribution in [3.8, 4) is 28.9 Å². The predicted molar refractivity (Wildman–Crippen MR) is 103 cm³/mol.